The van der Waals surface area contributed by atoms with Gasteiger partial charge in [-0.15, -0.1) is 0 Å². The van der Waals surface area contributed by atoms with Gasteiger partial charge in [0.2, 0.25) is 0 Å². The molecule has 0 amide bonds. The molecule has 0 saturated carbocycles. The molecule has 0 saturated heterocycles. The summed E-state index contributed by atoms with van der Waals surface area (Å²) in [6, 6.07) is 14.3. The normalized spacial score (nSPS) is 13.1. The molecule has 0 heterocycles. The maximum Gasteiger partial charge on any atom is 0.0607 e. The smallest absolute Gasteiger partial charge is 0.0607 e. The molecular formula is C15H19NO2. The zero-order chi connectivity index (χ0) is 13.0. The summed E-state index contributed by atoms with van der Waals surface area (Å²) in [5, 5.41) is 23.8. The number of hydrogen-bond donors (Lipinski definition) is 3. The number of hydrogen-bond acceptors (Lipinski definition) is 3. The molecule has 96 valence electrons. The van der Waals surface area contributed by atoms with Crippen molar-refractivity contribution in [3.63, 3.8) is 0 Å². The number of aliphatic hydroxyl groups is 2. The van der Waals surface area contributed by atoms with Gasteiger partial charge in [-0.3, -0.25) is 0 Å². The highest BCUT2D eigenvalue weighted by Gasteiger charge is 2.11. The zero-order valence-electron chi connectivity index (χ0n) is 10.5. The third-order valence-corrected chi connectivity index (χ3v) is 3.20. The quantitative estimate of drug-likeness (QED) is 0.753. The van der Waals surface area contributed by atoms with Gasteiger partial charge >= 0.3 is 0 Å². The van der Waals surface area contributed by atoms with E-state index in [0.29, 0.717) is 0 Å². The first kappa shape index (κ1) is 13.0. The third-order valence-electron chi connectivity index (χ3n) is 3.20. The van der Waals surface area contributed by atoms with Crippen LogP contribution in [0.25, 0.3) is 10.8 Å². The molecule has 0 aliphatic rings. The third kappa shape index (κ3) is 2.88. The van der Waals surface area contributed by atoms with Crippen LogP contribution in [-0.2, 0) is 0 Å². The van der Waals surface area contributed by atoms with E-state index in [1.54, 1.807) is 0 Å². The average Bonchev–Trinajstić information content (AvgIpc) is 2.44. The zero-order valence-corrected chi connectivity index (χ0v) is 10.5. The Balaban J connectivity index is 2.19. The fourth-order valence-corrected chi connectivity index (χ4v) is 2.09. The molecule has 3 nitrogen and oxygen atoms in total. The maximum atomic E-state index is 9.07. The monoisotopic (exact) mass is 245 g/mol. The van der Waals surface area contributed by atoms with Crippen LogP contribution in [0, 0.1) is 0 Å². The van der Waals surface area contributed by atoms with E-state index < -0.39 is 0 Å². The topological polar surface area (TPSA) is 52.5 Å². The molecule has 0 bridgehead atoms. The summed E-state index contributed by atoms with van der Waals surface area (Å²) in [5.41, 5.74) is 1.15. The fourth-order valence-electron chi connectivity index (χ4n) is 2.09. The van der Waals surface area contributed by atoms with Gasteiger partial charge in [-0.1, -0.05) is 36.4 Å². The molecule has 2 rings (SSSR count). The first-order chi connectivity index (χ1) is 8.74. The Hall–Kier alpha value is -1.42. The summed E-state index contributed by atoms with van der Waals surface area (Å²) in [6.45, 7) is 1.91. The Morgan fingerprint density at radius 3 is 2.33 bits per heavy atom. The van der Waals surface area contributed by atoms with Crippen molar-refractivity contribution in [2.75, 3.05) is 13.2 Å². The van der Waals surface area contributed by atoms with Crippen LogP contribution in [0.4, 0.5) is 0 Å². The van der Waals surface area contributed by atoms with Crippen molar-refractivity contribution >= 4 is 10.8 Å². The fraction of sp³-hybridized carbons (Fsp3) is 0.333. The average molecular weight is 245 g/mol. The summed E-state index contributed by atoms with van der Waals surface area (Å²) in [4.78, 5) is 0. The van der Waals surface area contributed by atoms with E-state index in [2.05, 4.69) is 35.6 Å². The molecule has 2 aromatic rings. The van der Waals surface area contributed by atoms with Crippen molar-refractivity contribution in [1.82, 2.24) is 5.32 Å². The van der Waals surface area contributed by atoms with E-state index in [0.717, 1.165) is 5.56 Å². The molecule has 0 fully saturated rings. The van der Waals surface area contributed by atoms with Crippen molar-refractivity contribution in [3.05, 3.63) is 48.0 Å². The predicted octanol–water partition coefficient (Wildman–Crippen LogP) is 1.84. The van der Waals surface area contributed by atoms with Gasteiger partial charge in [0.25, 0.3) is 0 Å². The minimum absolute atomic E-state index is 0.0611. The predicted molar refractivity (Wildman–Crippen MR) is 73.5 cm³/mol. The van der Waals surface area contributed by atoms with Gasteiger partial charge in [0, 0.05) is 6.04 Å². The van der Waals surface area contributed by atoms with Crippen molar-refractivity contribution in [1.29, 1.82) is 0 Å². The lowest BCUT2D eigenvalue weighted by Gasteiger charge is -2.20. The highest BCUT2D eigenvalue weighted by Crippen LogP contribution is 2.20. The molecule has 3 N–H and O–H groups in total. The van der Waals surface area contributed by atoms with Gasteiger partial charge < -0.3 is 15.5 Å². The van der Waals surface area contributed by atoms with Crippen LogP contribution >= 0.6 is 0 Å². The molecule has 0 aliphatic carbocycles. The molecule has 0 spiro atoms. The minimum atomic E-state index is -0.272. The van der Waals surface area contributed by atoms with E-state index in [-0.39, 0.29) is 25.3 Å². The Bertz CT molecular complexity index is 509. The highest BCUT2D eigenvalue weighted by atomic mass is 16.3. The SMILES string of the molecule is CC(NC(CO)CO)c1ccc2ccccc2c1. The molecule has 0 aromatic heterocycles. The number of rotatable bonds is 5. The van der Waals surface area contributed by atoms with E-state index in [1.807, 2.05) is 19.1 Å². The van der Waals surface area contributed by atoms with Gasteiger partial charge in [0.15, 0.2) is 0 Å². The van der Waals surface area contributed by atoms with Crippen LogP contribution in [0.5, 0.6) is 0 Å². The largest absolute Gasteiger partial charge is 0.395 e. The Morgan fingerprint density at radius 2 is 1.67 bits per heavy atom. The number of aliphatic hydroxyl groups excluding tert-OH is 2. The number of nitrogens with one attached hydrogen (secondary N) is 1. The molecule has 2 aromatic carbocycles. The molecule has 1 unspecified atom stereocenters. The standard InChI is InChI=1S/C15H19NO2/c1-11(16-15(9-17)10-18)13-7-6-12-4-2-3-5-14(12)8-13/h2-8,11,15-18H,9-10H2,1H3. The van der Waals surface area contributed by atoms with Crippen LogP contribution in [0.3, 0.4) is 0 Å². The van der Waals surface area contributed by atoms with Crippen LogP contribution in [0.1, 0.15) is 18.5 Å². The van der Waals surface area contributed by atoms with Gasteiger partial charge in [0.05, 0.1) is 19.3 Å². The maximum absolute atomic E-state index is 9.07. The van der Waals surface area contributed by atoms with Gasteiger partial charge in [-0.25, -0.2) is 0 Å². The van der Waals surface area contributed by atoms with Crippen LogP contribution in [-0.4, -0.2) is 29.5 Å². The van der Waals surface area contributed by atoms with E-state index >= 15 is 0 Å². The second-order valence-electron chi connectivity index (χ2n) is 4.56. The molecule has 3 heteroatoms. The summed E-state index contributed by atoms with van der Waals surface area (Å²) in [6.07, 6.45) is 0. The van der Waals surface area contributed by atoms with Crippen LogP contribution < -0.4 is 5.32 Å². The lowest BCUT2D eigenvalue weighted by molar-refractivity contribution is 0.163. The van der Waals surface area contributed by atoms with E-state index in [4.69, 9.17) is 10.2 Å². The number of benzene rings is 2. The summed E-state index contributed by atoms with van der Waals surface area (Å²) >= 11 is 0. The lowest BCUT2D eigenvalue weighted by Crippen LogP contribution is -2.37. The van der Waals surface area contributed by atoms with Crippen molar-refractivity contribution in [3.8, 4) is 0 Å². The molecule has 0 radical (unpaired) electrons. The minimum Gasteiger partial charge on any atom is -0.395 e. The molecular weight excluding hydrogens is 226 g/mol. The van der Waals surface area contributed by atoms with E-state index in [1.165, 1.54) is 10.8 Å². The Labute approximate surface area is 107 Å². The first-order valence-corrected chi connectivity index (χ1v) is 6.21. The van der Waals surface area contributed by atoms with Crippen LogP contribution in [0.2, 0.25) is 0 Å². The molecule has 0 aliphatic heterocycles. The summed E-state index contributed by atoms with van der Waals surface area (Å²) < 4.78 is 0. The molecule has 18 heavy (non-hydrogen) atoms. The molecule has 1 atom stereocenters. The first-order valence-electron chi connectivity index (χ1n) is 6.21. The lowest BCUT2D eigenvalue weighted by atomic mass is 10.0. The Morgan fingerprint density at radius 1 is 1.00 bits per heavy atom. The van der Waals surface area contributed by atoms with Gasteiger partial charge in [0.1, 0.15) is 0 Å². The van der Waals surface area contributed by atoms with Crippen molar-refractivity contribution in [2.24, 2.45) is 0 Å². The second-order valence-corrected chi connectivity index (χ2v) is 4.56. The van der Waals surface area contributed by atoms with Gasteiger partial charge in [-0.05, 0) is 29.3 Å². The summed E-state index contributed by atoms with van der Waals surface area (Å²) in [5.74, 6) is 0. The van der Waals surface area contributed by atoms with Gasteiger partial charge in [-0.2, -0.15) is 0 Å². The van der Waals surface area contributed by atoms with Crippen LogP contribution in [0.15, 0.2) is 42.5 Å². The summed E-state index contributed by atoms with van der Waals surface area (Å²) in [7, 11) is 0. The number of fused-ring (bicyclic) bond motifs is 1. The highest BCUT2D eigenvalue weighted by molar-refractivity contribution is 5.83. The Kier molecular flexibility index (Phi) is 4.31. The van der Waals surface area contributed by atoms with Crippen molar-refractivity contribution in [2.45, 2.75) is 19.0 Å². The second kappa shape index (κ2) is 5.96. The van der Waals surface area contributed by atoms with Crippen molar-refractivity contribution < 1.29 is 10.2 Å². The van der Waals surface area contributed by atoms with E-state index in [9.17, 15) is 0 Å².